The quantitative estimate of drug-likeness (QED) is 0.683. The minimum atomic E-state index is -0.839. The van der Waals surface area contributed by atoms with Gasteiger partial charge in [0.15, 0.2) is 0 Å². The van der Waals surface area contributed by atoms with Crippen molar-refractivity contribution in [2.75, 3.05) is 6.54 Å². The summed E-state index contributed by atoms with van der Waals surface area (Å²) in [5, 5.41) is 14.0. The van der Waals surface area contributed by atoms with E-state index in [1.807, 2.05) is 18.2 Å². The average molecular weight is 262 g/mol. The second-order valence-corrected chi connectivity index (χ2v) is 4.76. The highest BCUT2D eigenvalue weighted by atomic mass is 16.4. The minimum Gasteiger partial charge on any atom is -0.481 e. The zero-order valence-electron chi connectivity index (χ0n) is 10.6. The molecule has 0 spiro atoms. The molecule has 0 aliphatic heterocycles. The molecule has 0 heterocycles. The van der Waals surface area contributed by atoms with E-state index in [-0.39, 0.29) is 18.5 Å². The van der Waals surface area contributed by atoms with E-state index in [1.54, 1.807) is 0 Å². The van der Waals surface area contributed by atoms with Gasteiger partial charge in [-0.25, -0.2) is 4.79 Å². The molecule has 2 amide bonds. The smallest absolute Gasteiger partial charge is 0.315 e. The molecular weight excluding hydrogens is 244 g/mol. The fraction of sp³-hybridized carbons (Fsp3) is 0.429. The standard InChI is InChI=1S/C14H18N2O3/c17-13(18)7-4-8-15-14(19)16-12-9-11(12)10-5-2-1-3-6-10/h1-3,5-6,11-12H,4,7-9H2,(H,17,18)(H2,15,16,19). The van der Waals surface area contributed by atoms with Gasteiger partial charge in [0.25, 0.3) is 0 Å². The first-order valence-corrected chi connectivity index (χ1v) is 6.48. The summed E-state index contributed by atoms with van der Waals surface area (Å²) in [4.78, 5) is 21.8. The Kier molecular flexibility index (Phi) is 4.39. The van der Waals surface area contributed by atoms with Crippen molar-refractivity contribution in [2.24, 2.45) is 0 Å². The average Bonchev–Trinajstić information content (AvgIpc) is 3.15. The molecule has 1 saturated carbocycles. The van der Waals surface area contributed by atoms with Crippen molar-refractivity contribution in [1.29, 1.82) is 0 Å². The lowest BCUT2D eigenvalue weighted by molar-refractivity contribution is -0.137. The summed E-state index contributed by atoms with van der Waals surface area (Å²) < 4.78 is 0. The van der Waals surface area contributed by atoms with Crippen LogP contribution in [-0.4, -0.2) is 29.7 Å². The lowest BCUT2D eigenvalue weighted by Gasteiger charge is -2.06. The first-order chi connectivity index (χ1) is 9.16. The lowest BCUT2D eigenvalue weighted by Crippen LogP contribution is -2.37. The molecule has 2 rings (SSSR count). The molecule has 0 saturated heterocycles. The number of hydrogen-bond donors (Lipinski definition) is 3. The van der Waals surface area contributed by atoms with Gasteiger partial charge in [0.1, 0.15) is 0 Å². The Morgan fingerprint density at radius 3 is 2.68 bits per heavy atom. The number of rotatable bonds is 6. The summed E-state index contributed by atoms with van der Waals surface area (Å²) in [6.45, 7) is 0.390. The predicted molar refractivity (Wildman–Crippen MR) is 71.0 cm³/mol. The molecule has 0 radical (unpaired) electrons. The highest BCUT2D eigenvalue weighted by molar-refractivity contribution is 5.75. The number of carboxylic acids is 1. The van der Waals surface area contributed by atoms with Crippen LogP contribution in [0.1, 0.15) is 30.7 Å². The Balaban J connectivity index is 1.64. The van der Waals surface area contributed by atoms with E-state index in [0.29, 0.717) is 18.9 Å². The van der Waals surface area contributed by atoms with Crippen LogP contribution in [0.15, 0.2) is 30.3 Å². The minimum absolute atomic E-state index is 0.0797. The van der Waals surface area contributed by atoms with Crippen LogP contribution in [0, 0.1) is 0 Å². The molecule has 1 aromatic rings. The first kappa shape index (κ1) is 13.4. The lowest BCUT2D eigenvalue weighted by atomic mass is 10.1. The number of urea groups is 1. The molecule has 1 fully saturated rings. The zero-order valence-corrected chi connectivity index (χ0v) is 10.6. The third kappa shape index (κ3) is 4.28. The summed E-state index contributed by atoms with van der Waals surface area (Å²) in [6, 6.07) is 10.1. The maximum absolute atomic E-state index is 11.5. The van der Waals surface area contributed by atoms with Crippen LogP contribution < -0.4 is 10.6 Å². The number of carbonyl (C=O) groups is 2. The van der Waals surface area contributed by atoms with E-state index in [2.05, 4.69) is 22.8 Å². The van der Waals surface area contributed by atoms with Crippen molar-refractivity contribution >= 4 is 12.0 Å². The van der Waals surface area contributed by atoms with Crippen LogP contribution in [0.4, 0.5) is 4.79 Å². The van der Waals surface area contributed by atoms with Crippen molar-refractivity contribution in [1.82, 2.24) is 10.6 Å². The number of hydrogen-bond acceptors (Lipinski definition) is 2. The monoisotopic (exact) mass is 262 g/mol. The third-order valence-corrected chi connectivity index (χ3v) is 3.19. The van der Waals surface area contributed by atoms with Crippen LogP contribution in [-0.2, 0) is 4.79 Å². The highest BCUT2D eigenvalue weighted by Crippen LogP contribution is 2.40. The van der Waals surface area contributed by atoms with Gasteiger partial charge in [0.2, 0.25) is 0 Å². The summed E-state index contributed by atoms with van der Waals surface area (Å²) in [7, 11) is 0. The summed E-state index contributed by atoms with van der Waals surface area (Å²) in [6.07, 6.45) is 1.50. The van der Waals surface area contributed by atoms with E-state index in [9.17, 15) is 9.59 Å². The largest absolute Gasteiger partial charge is 0.481 e. The molecule has 0 aromatic heterocycles. The molecule has 1 aromatic carbocycles. The SMILES string of the molecule is O=C(O)CCCNC(=O)NC1CC1c1ccccc1. The van der Waals surface area contributed by atoms with Gasteiger partial charge in [-0.2, -0.15) is 0 Å². The Morgan fingerprint density at radius 1 is 1.26 bits per heavy atom. The normalized spacial score (nSPS) is 20.6. The van der Waals surface area contributed by atoms with Crippen molar-refractivity contribution in [3.8, 4) is 0 Å². The fourth-order valence-corrected chi connectivity index (χ4v) is 2.08. The predicted octanol–water partition coefficient (Wildman–Crippen LogP) is 1.71. The van der Waals surface area contributed by atoms with Gasteiger partial charge in [-0.15, -0.1) is 0 Å². The zero-order chi connectivity index (χ0) is 13.7. The van der Waals surface area contributed by atoms with Gasteiger partial charge >= 0.3 is 12.0 Å². The van der Waals surface area contributed by atoms with Crippen LogP contribution in [0.2, 0.25) is 0 Å². The first-order valence-electron chi connectivity index (χ1n) is 6.48. The molecule has 5 heteroatoms. The molecular formula is C14H18N2O3. The van der Waals surface area contributed by atoms with E-state index in [0.717, 1.165) is 6.42 Å². The van der Waals surface area contributed by atoms with Crippen LogP contribution in [0.25, 0.3) is 0 Å². The van der Waals surface area contributed by atoms with Crippen molar-refractivity contribution in [2.45, 2.75) is 31.2 Å². The Labute approximate surface area is 112 Å². The molecule has 5 nitrogen and oxygen atoms in total. The molecule has 102 valence electrons. The molecule has 3 N–H and O–H groups in total. The summed E-state index contributed by atoms with van der Waals surface area (Å²) in [5.74, 6) is -0.431. The van der Waals surface area contributed by atoms with Crippen molar-refractivity contribution in [3.63, 3.8) is 0 Å². The van der Waals surface area contributed by atoms with Crippen LogP contribution in [0.5, 0.6) is 0 Å². The number of benzene rings is 1. The Morgan fingerprint density at radius 2 is 2.00 bits per heavy atom. The van der Waals surface area contributed by atoms with Gasteiger partial charge in [-0.05, 0) is 18.4 Å². The molecule has 0 bridgehead atoms. The van der Waals surface area contributed by atoms with Gasteiger partial charge < -0.3 is 15.7 Å². The van der Waals surface area contributed by atoms with Gasteiger partial charge in [-0.1, -0.05) is 30.3 Å². The second-order valence-electron chi connectivity index (χ2n) is 4.76. The van der Waals surface area contributed by atoms with Crippen molar-refractivity contribution in [3.05, 3.63) is 35.9 Å². The maximum atomic E-state index is 11.5. The number of amides is 2. The van der Waals surface area contributed by atoms with Gasteiger partial charge in [-0.3, -0.25) is 4.79 Å². The Hall–Kier alpha value is -2.04. The van der Waals surface area contributed by atoms with Crippen LogP contribution >= 0.6 is 0 Å². The number of nitrogens with one attached hydrogen (secondary N) is 2. The molecule has 1 aliphatic rings. The fourth-order valence-electron chi connectivity index (χ4n) is 2.08. The third-order valence-electron chi connectivity index (χ3n) is 3.19. The number of aliphatic carboxylic acids is 1. The Bertz CT molecular complexity index is 447. The summed E-state index contributed by atoms with van der Waals surface area (Å²) >= 11 is 0. The molecule has 19 heavy (non-hydrogen) atoms. The second kappa shape index (κ2) is 6.22. The molecule has 2 unspecified atom stereocenters. The van der Waals surface area contributed by atoms with E-state index in [1.165, 1.54) is 5.56 Å². The van der Waals surface area contributed by atoms with Gasteiger partial charge in [0.05, 0.1) is 0 Å². The van der Waals surface area contributed by atoms with Gasteiger partial charge in [0, 0.05) is 24.9 Å². The number of carboxylic acid groups (broad SMARTS) is 1. The van der Waals surface area contributed by atoms with Crippen LogP contribution in [0.3, 0.4) is 0 Å². The topological polar surface area (TPSA) is 78.4 Å². The van der Waals surface area contributed by atoms with E-state index in [4.69, 9.17) is 5.11 Å². The van der Waals surface area contributed by atoms with E-state index < -0.39 is 5.97 Å². The highest BCUT2D eigenvalue weighted by Gasteiger charge is 2.39. The number of carbonyl (C=O) groups excluding carboxylic acids is 1. The van der Waals surface area contributed by atoms with E-state index >= 15 is 0 Å². The maximum Gasteiger partial charge on any atom is 0.315 e. The van der Waals surface area contributed by atoms with Crippen molar-refractivity contribution < 1.29 is 14.7 Å². The molecule has 1 aliphatic carbocycles. The summed E-state index contributed by atoms with van der Waals surface area (Å²) in [5.41, 5.74) is 1.25. The molecule has 2 atom stereocenters.